The van der Waals surface area contributed by atoms with Gasteiger partial charge in [0.2, 0.25) is 5.91 Å². The van der Waals surface area contributed by atoms with Crippen molar-refractivity contribution < 1.29 is 9.90 Å². The number of carbonyl (C=O) groups is 1. The second-order valence-electron chi connectivity index (χ2n) is 5.85. The van der Waals surface area contributed by atoms with Crippen LogP contribution < -0.4 is 0 Å². The Kier molecular flexibility index (Phi) is 4.75. The molecule has 3 rings (SSSR count). The molecule has 0 bridgehead atoms. The maximum absolute atomic E-state index is 12.3. The maximum atomic E-state index is 12.3. The van der Waals surface area contributed by atoms with Gasteiger partial charge in [-0.15, -0.1) is 0 Å². The molecule has 0 atom stereocenters. The fourth-order valence-corrected chi connectivity index (χ4v) is 3.03. The van der Waals surface area contributed by atoms with Crippen molar-refractivity contribution in [2.75, 3.05) is 39.3 Å². The average Bonchev–Trinajstić information content (AvgIpc) is 3.01. The highest BCUT2D eigenvalue weighted by Gasteiger charge is 2.20. The molecule has 2 N–H and O–H groups in total. The number of amides is 1. The molecule has 1 aromatic carbocycles. The highest BCUT2D eigenvalue weighted by atomic mass is 16.3. The predicted octanol–water partition coefficient (Wildman–Crippen LogP) is 1.24. The van der Waals surface area contributed by atoms with Crippen molar-refractivity contribution >= 4 is 16.8 Å². The maximum Gasteiger partial charge on any atom is 0.222 e. The lowest BCUT2D eigenvalue weighted by Gasteiger charge is -2.34. The first-order chi connectivity index (χ1) is 10.8. The lowest BCUT2D eigenvalue weighted by molar-refractivity contribution is -0.132. The Morgan fingerprint density at radius 1 is 1.18 bits per heavy atom. The Bertz CT molecular complexity index is 630. The number of carbonyl (C=O) groups excluding carboxylic acids is 1. The van der Waals surface area contributed by atoms with Crippen LogP contribution in [0.1, 0.15) is 12.0 Å². The Labute approximate surface area is 130 Å². The number of H-pyrrole nitrogens is 1. The van der Waals surface area contributed by atoms with Gasteiger partial charge in [0.25, 0.3) is 0 Å². The van der Waals surface area contributed by atoms with Crippen molar-refractivity contribution in [2.24, 2.45) is 0 Å². The van der Waals surface area contributed by atoms with Crippen molar-refractivity contribution in [2.45, 2.75) is 12.8 Å². The molecule has 5 nitrogen and oxygen atoms in total. The third kappa shape index (κ3) is 3.48. The zero-order valence-electron chi connectivity index (χ0n) is 12.8. The molecule has 5 heteroatoms. The predicted molar refractivity (Wildman–Crippen MR) is 86.7 cm³/mol. The number of piperazine rings is 1. The molecular formula is C17H23N3O2. The molecule has 1 fully saturated rings. The Morgan fingerprint density at radius 3 is 2.77 bits per heavy atom. The Hall–Kier alpha value is -1.85. The largest absolute Gasteiger partial charge is 0.395 e. The van der Waals surface area contributed by atoms with Gasteiger partial charge in [-0.2, -0.15) is 0 Å². The minimum atomic E-state index is 0.190. The normalized spacial score (nSPS) is 16.3. The lowest BCUT2D eigenvalue weighted by atomic mass is 10.1. The van der Waals surface area contributed by atoms with Crippen LogP contribution in [-0.2, 0) is 11.2 Å². The summed E-state index contributed by atoms with van der Waals surface area (Å²) in [6, 6.07) is 8.37. The first kappa shape index (κ1) is 15.1. The zero-order chi connectivity index (χ0) is 15.4. The van der Waals surface area contributed by atoms with Crippen LogP contribution >= 0.6 is 0 Å². The molecule has 1 amide bonds. The summed E-state index contributed by atoms with van der Waals surface area (Å²) in [5, 5.41) is 10.1. The van der Waals surface area contributed by atoms with Gasteiger partial charge in [-0.25, -0.2) is 0 Å². The van der Waals surface area contributed by atoms with E-state index in [-0.39, 0.29) is 12.5 Å². The van der Waals surface area contributed by atoms with Gasteiger partial charge in [-0.3, -0.25) is 9.69 Å². The van der Waals surface area contributed by atoms with Gasteiger partial charge in [0.15, 0.2) is 0 Å². The van der Waals surface area contributed by atoms with E-state index < -0.39 is 0 Å². The molecule has 118 valence electrons. The van der Waals surface area contributed by atoms with E-state index in [1.807, 2.05) is 11.1 Å². The molecule has 0 unspecified atom stereocenters. The number of aliphatic hydroxyl groups excluding tert-OH is 1. The SMILES string of the molecule is O=C(CCc1ccc2[nH]ccc2c1)N1CCN(CCO)CC1. The summed E-state index contributed by atoms with van der Waals surface area (Å²) in [4.78, 5) is 19.6. The minimum absolute atomic E-state index is 0.190. The molecule has 2 aromatic rings. The van der Waals surface area contributed by atoms with Gasteiger partial charge in [-0.05, 0) is 35.6 Å². The van der Waals surface area contributed by atoms with Crippen molar-refractivity contribution in [3.05, 3.63) is 36.0 Å². The van der Waals surface area contributed by atoms with Crippen LogP contribution in [0.2, 0.25) is 0 Å². The number of hydrogen-bond donors (Lipinski definition) is 2. The Morgan fingerprint density at radius 2 is 2.00 bits per heavy atom. The van der Waals surface area contributed by atoms with Crippen molar-refractivity contribution in [3.63, 3.8) is 0 Å². The van der Waals surface area contributed by atoms with Crippen molar-refractivity contribution in [1.29, 1.82) is 0 Å². The fraction of sp³-hybridized carbons (Fsp3) is 0.471. The van der Waals surface area contributed by atoms with E-state index in [9.17, 15) is 4.79 Å². The van der Waals surface area contributed by atoms with Crippen molar-refractivity contribution in [1.82, 2.24) is 14.8 Å². The van der Waals surface area contributed by atoms with E-state index in [4.69, 9.17) is 5.11 Å². The van der Waals surface area contributed by atoms with Crippen LogP contribution in [0.25, 0.3) is 10.9 Å². The van der Waals surface area contributed by atoms with Crippen LogP contribution in [-0.4, -0.2) is 65.1 Å². The summed E-state index contributed by atoms with van der Waals surface area (Å²) in [5.41, 5.74) is 2.34. The molecule has 2 heterocycles. The summed E-state index contributed by atoms with van der Waals surface area (Å²) in [5.74, 6) is 0.234. The monoisotopic (exact) mass is 301 g/mol. The number of aliphatic hydroxyl groups is 1. The van der Waals surface area contributed by atoms with Gasteiger partial charge in [0, 0.05) is 50.9 Å². The van der Waals surface area contributed by atoms with Crippen LogP contribution in [0.3, 0.4) is 0 Å². The minimum Gasteiger partial charge on any atom is -0.395 e. The van der Waals surface area contributed by atoms with E-state index in [1.54, 1.807) is 0 Å². The third-order valence-electron chi connectivity index (χ3n) is 4.39. The molecule has 1 aliphatic heterocycles. The van der Waals surface area contributed by atoms with Crippen LogP contribution in [0.4, 0.5) is 0 Å². The van der Waals surface area contributed by atoms with Gasteiger partial charge in [0.05, 0.1) is 6.61 Å². The van der Waals surface area contributed by atoms with E-state index in [2.05, 4.69) is 34.1 Å². The average molecular weight is 301 g/mol. The first-order valence-corrected chi connectivity index (χ1v) is 7.93. The number of rotatable bonds is 5. The quantitative estimate of drug-likeness (QED) is 0.873. The molecule has 22 heavy (non-hydrogen) atoms. The van der Waals surface area contributed by atoms with Gasteiger partial charge in [-0.1, -0.05) is 6.07 Å². The molecule has 0 spiro atoms. The highest BCUT2D eigenvalue weighted by Crippen LogP contribution is 2.16. The molecule has 0 saturated carbocycles. The highest BCUT2D eigenvalue weighted by molar-refractivity contribution is 5.80. The summed E-state index contributed by atoms with van der Waals surface area (Å²) in [6.45, 7) is 4.17. The van der Waals surface area contributed by atoms with Crippen molar-refractivity contribution in [3.8, 4) is 0 Å². The molecule has 1 aromatic heterocycles. The number of benzene rings is 1. The zero-order valence-corrected chi connectivity index (χ0v) is 12.8. The molecule has 1 aliphatic rings. The van der Waals surface area contributed by atoms with Gasteiger partial charge in [0.1, 0.15) is 0 Å². The summed E-state index contributed by atoms with van der Waals surface area (Å²) in [6.07, 6.45) is 3.29. The number of fused-ring (bicyclic) bond motifs is 1. The van der Waals surface area contributed by atoms with Gasteiger partial charge >= 0.3 is 0 Å². The number of hydrogen-bond acceptors (Lipinski definition) is 3. The number of nitrogens with zero attached hydrogens (tertiary/aromatic N) is 2. The second-order valence-corrected chi connectivity index (χ2v) is 5.85. The lowest BCUT2D eigenvalue weighted by Crippen LogP contribution is -2.49. The van der Waals surface area contributed by atoms with Crippen LogP contribution in [0.5, 0.6) is 0 Å². The third-order valence-corrected chi connectivity index (χ3v) is 4.39. The summed E-state index contributed by atoms with van der Waals surface area (Å²) in [7, 11) is 0. The van der Waals surface area contributed by atoms with Gasteiger partial charge < -0.3 is 15.0 Å². The number of aryl methyl sites for hydroxylation is 1. The molecular weight excluding hydrogens is 278 g/mol. The number of nitrogens with one attached hydrogen (secondary N) is 1. The smallest absolute Gasteiger partial charge is 0.222 e. The van der Waals surface area contributed by atoms with Crippen LogP contribution in [0.15, 0.2) is 30.5 Å². The summed E-state index contributed by atoms with van der Waals surface area (Å²) < 4.78 is 0. The summed E-state index contributed by atoms with van der Waals surface area (Å²) >= 11 is 0. The molecule has 1 saturated heterocycles. The number of aromatic amines is 1. The number of aromatic nitrogens is 1. The second kappa shape index (κ2) is 6.94. The molecule has 0 aliphatic carbocycles. The van der Waals surface area contributed by atoms with E-state index in [0.717, 1.165) is 38.1 Å². The topological polar surface area (TPSA) is 59.6 Å². The fourth-order valence-electron chi connectivity index (χ4n) is 3.03. The van der Waals surface area contributed by atoms with E-state index in [1.165, 1.54) is 10.9 Å². The van der Waals surface area contributed by atoms with E-state index in [0.29, 0.717) is 13.0 Å². The standard InChI is InChI=1S/C17H23N3O2/c21-12-11-19-7-9-20(10-8-19)17(22)4-2-14-1-3-16-15(13-14)5-6-18-16/h1,3,5-6,13,18,21H,2,4,7-12H2. The molecule has 0 radical (unpaired) electrons. The number of β-amino-alcohol motifs (C(OH)–C–C–N with tert-alkyl or cyclic N) is 1. The first-order valence-electron chi connectivity index (χ1n) is 7.93. The van der Waals surface area contributed by atoms with Crippen LogP contribution in [0, 0.1) is 0 Å². The Balaban J connectivity index is 1.50. The van der Waals surface area contributed by atoms with E-state index >= 15 is 0 Å².